The number of halogens is 1. The molecule has 1 saturated heterocycles. The maximum absolute atomic E-state index is 13.4. The van der Waals surface area contributed by atoms with Crippen LogP contribution in [-0.4, -0.2) is 27.1 Å². The molecule has 1 amide bonds. The summed E-state index contributed by atoms with van der Waals surface area (Å²) in [5.74, 6) is -0.286. The lowest BCUT2D eigenvalue weighted by Crippen LogP contribution is -2.32. The number of amides is 1. The molecule has 0 N–H and O–H groups in total. The first-order valence-electron chi connectivity index (χ1n) is 7.29. The monoisotopic (exact) mass is 287 g/mol. The van der Waals surface area contributed by atoms with Crippen molar-refractivity contribution in [3.63, 3.8) is 0 Å². The van der Waals surface area contributed by atoms with Gasteiger partial charge < -0.3 is 4.90 Å². The number of nitrogens with zero attached hydrogens (tertiary/aromatic N) is 3. The van der Waals surface area contributed by atoms with Crippen molar-refractivity contribution in [1.29, 1.82) is 0 Å². The van der Waals surface area contributed by atoms with Gasteiger partial charge in [-0.25, -0.2) is 4.39 Å². The fraction of sp³-hybridized carbons (Fsp3) is 0.375. The Morgan fingerprint density at radius 3 is 3.05 bits per heavy atom. The fourth-order valence-electron chi connectivity index (χ4n) is 2.98. The summed E-state index contributed by atoms with van der Waals surface area (Å²) in [6.07, 6.45) is 3.45. The molecule has 21 heavy (non-hydrogen) atoms. The van der Waals surface area contributed by atoms with Gasteiger partial charge in [-0.1, -0.05) is 12.1 Å². The summed E-state index contributed by atoms with van der Waals surface area (Å²) in [7, 11) is 0. The predicted molar refractivity (Wildman–Crippen MR) is 77.3 cm³/mol. The quantitative estimate of drug-likeness (QED) is 0.870. The smallest absolute Gasteiger partial charge is 0.272 e. The molecular weight excluding hydrogens is 269 g/mol. The van der Waals surface area contributed by atoms with Crippen molar-refractivity contribution in [3.8, 4) is 0 Å². The van der Waals surface area contributed by atoms with Crippen LogP contribution in [0.4, 0.5) is 4.39 Å². The number of carbonyl (C=O) groups excluding carboxylic acids is 1. The summed E-state index contributed by atoms with van der Waals surface area (Å²) in [6.45, 7) is 3.32. The summed E-state index contributed by atoms with van der Waals surface area (Å²) in [5, 5.41) is 4.15. The largest absolute Gasteiger partial charge is 0.330 e. The summed E-state index contributed by atoms with van der Waals surface area (Å²) in [5.41, 5.74) is 1.46. The second kappa shape index (κ2) is 5.68. The Balaban J connectivity index is 1.89. The van der Waals surface area contributed by atoms with Crippen molar-refractivity contribution < 1.29 is 9.18 Å². The van der Waals surface area contributed by atoms with E-state index in [1.807, 2.05) is 17.9 Å². The molecule has 1 fully saturated rings. The first-order chi connectivity index (χ1) is 10.2. The van der Waals surface area contributed by atoms with Crippen molar-refractivity contribution in [2.45, 2.75) is 32.4 Å². The number of aromatic nitrogens is 2. The Bertz CT molecular complexity index is 652. The predicted octanol–water partition coefficient (Wildman–Crippen LogP) is 3.02. The molecular formula is C16H18FN3O. The van der Waals surface area contributed by atoms with E-state index in [2.05, 4.69) is 5.10 Å². The summed E-state index contributed by atoms with van der Waals surface area (Å²) < 4.78 is 15.1. The third-order valence-corrected chi connectivity index (χ3v) is 3.98. The Hall–Kier alpha value is -2.17. The molecule has 1 atom stereocenters. The summed E-state index contributed by atoms with van der Waals surface area (Å²) in [6, 6.07) is 8.23. The van der Waals surface area contributed by atoms with Crippen molar-refractivity contribution in [1.82, 2.24) is 14.7 Å². The van der Waals surface area contributed by atoms with Gasteiger partial charge in [0.25, 0.3) is 5.91 Å². The third-order valence-electron chi connectivity index (χ3n) is 3.98. The fourth-order valence-corrected chi connectivity index (χ4v) is 2.98. The van der Waals surface area contributed by atoms with Gasteiger partial charge in [-0.05, 0) is 43.5 Å². The van der Waals surface area contributed by atoms with Crippen LogP contribution >= 0.6 is 0 Å². The minimum atomic E-state index is -0.259. The molecule has 0 aliphatic carbocycles. The van der Waals surface area contributed by atoms with Gasteiger partial charge in [0.2, 0.25) is 0 Å². The normalized spacial score (nSPS) is 18.2. The lowest BCUT2D eigenvalue weighted by atomic mass is 10.0. The van der Waals surface area contributed by atoms with E-state index < -0.39 is 0 Å². The maximum atomic E-state index is 13.4. The zero-order valence-corrected chi connectivity index (χ0v) is 12.0. The molecule has 0 unspecified atom stereocenters. The van der Waals surface area contributed by atoms with Crippen molar-refractivity contribution >= 4 is 5.91 Å². The highest BCUT2D eigenvalue weighted by Gasteiger charge is 2.32. The SMILES string of the molecule is CCn1nccc1C(=O)N1CCC[C@H]1c1cccc(F)c1. The molecule has 0 saturated carbocycles. The zero-order valence-electron chi connectivity index (χ0n) is 12.0. The Kier molecular flexibility index (Phi) is 3.73. The van der Waals surface area contributed by atoms with Crippen molar-refractivity contribution in [2.75, 3.05) is 6.54 Å². The van der Waals surface area contributed by atoms with Gasteiger partial charge >= 0.3 is 0 Å². The highest BCUT2D eigenvalue weighted by atomic mass is 19.1. The van der Waals surface area contributed by atoms with E-state index in [-0.39, 0.29) is 17.8 Å². The van der Waals surface area contributed by atoms with E-state index in [1.165, 1.54) is 12.1 Å². The van der Waals surface area contributed by atoms with Crippen LogP contribution in [0.2, 0.25) is 0 Å². The van der Waals surface area contributed by atoms with Crippen LogP contribution in [0.15, 0.2) is 36.5 Å². The molecule has 1 aromatic carbocycles. The van der Waals surface area contributed by atoms with Crippen LogP contribution in [-0.2, 0) is 6.54 Å². The number of benzene rings is 1. The van der Waals surface area contributed by atoms with Crippen LogP contribution in [0, 0.1) is 5.82 Å². The molecule has 4 nitrogen and oxygen atoms in total. The second-order valence-electron chi connectivity index (χ2n) is 5.24. The average Bonchev–Trinajstić information content (AvgIpc) is 3.15. The summed E-state index contributed by atoms with van der Waals surface area (Å²) >= 11 is 0. The van der Waals surface area contributed by atoms with Gasteiger partial charge in [0, 0.05) is 19.3 Å². The zero-order chi connectivity index (χ0) is 14.8. The second-order valence-corrected chi connectivity index (χ2v) is 5.24. The molecule has 1 aromatic heterocycles. The van der Waals surface area contributed by atoms with E-state index in [0.717, 1.165) is 18.4 Å². The van der Waals surface area contributed by atoms with Crippen molar-refractivity contribution in [3.05, 3.63) is 53.6 Å². The van der Waals surface area contributed by atoms with Crippen LogP contribution in [0.25, 0.3) is 0 Å². The first-order valence-corrected chi connectivity index (χ1v) is 7.29. The van der Waals surface area contributed by atoms with Crippen molar-refractivity contribution in [2.24, 2.45) is 0 Å². The molecule has 1 aliphatic heterocycles. The van der Waals surface area contributed by atoms with Gasteiger partial charge in [-0.15, -0.1) is 0 Å². The number of aryl methyl sites for hydroxylation is 1. The lowest BCUT2D eigenvalue weighted by Gasteiger charge is -2.25. The molecule has 2 aromatic rings. The average molecular weight is 287 g/mol. The number of carbonyl (C=O) groups is 1. The van der Waals surface area contributed by atoms with Gasteiger partial charge in [-0.3, -0.25) is 9.48 Å². The van der Waals surface area contributed by atoms with Gasteiger partial charge in [0.15, 0.2) is 0 Å². The molecule has 5 heteroatoms. The van der Waals surface area contributed by atoms with E-state index in [9.17, 15) is 9.18 Å². The molecule has 1 aliphatic rings. The van der Waals surface area contributed by atoms with Crippen LogP contribution in [0.3, 0.4) is 0 Å². The third kappa shape index (κ3) is 2.55. The minimum Gasteiger partial charge on any atom is -0.330 e. The Morgan fingerprint density at radius 2 is 2.29 bits per heavy atom. The summed E-state index contributed by atoms with van der Waals surface area (Å²) in [4.78, 5) is 14.6. The van der Waals surface area contributed by atoms with E-state index in [4.69, 9.17) is 0 Å². The van der Waals surface area contributed by atoms with Gasteiger partial charge in [0.1, 0.15) is 11.5 Å². The molecule has 0 radical (unpaired) electrons. The molecule has 3 rings (SSSR count). The van der Waals surface area contributed by atoms with E-state index in [1.54, 1.807) is 23.0 Å². The molecule has 2 heterocycles. The Morgan fingerprint density at radius 1 is 1.43 bits per heavy atom. The highest BCUT2D eigenvalue weighted by Crippen LogP contribution is 2.33. The standard InChI is InChI=1S/C16H18FN3O/c1-2-20-15(8-9-18-20)16(21)19-10-4-7-14(19)12-5-3-6-13(17)11-12/h3,5-6,8-9,11,14H,2,4,7,10H2,1H3/t14-/m0/s1. The van der Waals surface area contributed by atoms with Crippen LogP contribution in [0.5, 0.6) is 0 Å². The minimum absolute atomic E-state index is 0.0267. The maximum Gasteiger partial charge on any atom is 0.272 e. The molecule has 0 spiro atoms. The number of hydrogen-bond acceptors (Lipinski definition) is 2. The molecule has 0 bridgehead atoms. The van der Waals surface area contributed by atoms with E-state index in [0.29, 0.717) is 18.8 Å². The number of rotatable bonds is 3. The topological polar surface area (TPSA) is 38.1 Å². The Labute approximate surface area is 123 Å². The number of likely N-dealkylation sites (tertiary alicyclic amines) is 1. The van der Waals surface area contributed by atoms with Gasteiger partial charge in [0.05, 0.1) is 6.04 Å². The van der Waals surface area contributed by atoms with Gasteiger partial charge in [-0.2, -0.15) is 5.10 Å². The number of hydrogen-bond donors (Lipinski definition) is 0. The molecule has 110 valence electrons. The van der Waals surface area contributed by atoms with E-state index >= 15 is 0 Å². The highest BCUT2D eigenvalue weighted by molar-refractivity contribution is 5.93. The first kappa shape index (κ1) is 13.8. The van der Waals surface area contributed by atoms with Crippen LogP contribution in [0.1, 0.15) is 41.9 Å². The van der Waals surface area contributed by atoms with Crippen LogP contribution < -0.4 is 0 Å². The lowest BCUT2D eigenvalue weighted by molar-refractivity contribution is 0.0723.